The third-order valence-corrected chi connectivity index (χ3v) is 13.3. The molecular formula is C46H50N8O7S4. The minimum Gasteiger partial charge on any atom is -0.396 e. The van der Waals surface area contributed by atoms with Crippen molar-refractivity contribution < 1.29 is 30.7 Å². The van der Waals surface area contributed by atoms with E-state index in [1.807, 2.05) is 45.2 Å². The van der Waals surface area contributed by atoms with Gasteiger partial charge in [0, 0.05) is 57.2 Å². The lowest BCUT2D eigenvalue weighted by molar-refractivity contribution is -0.122. The molecule has 1 aliphatic rings. The van der Waals surface area contributed by atoms with Gasteiger partial charge in [-0.25, -0.2) is 0 Å². The molecule has 0 aliphatic carbocycles. The van der Waals surface area contributed by atoms with Crippen molar-refractivity contribution in [3.8, 4) is 11.1 Å². The number of rotatable bonds is 14. The zero-order chi connectivity index (χ0) is 47.1. The third-order valence-electron chi connectivity index (χ3n) is 11.0. The molecule has 6 aromatic carbocycles. The molecule has 1 saturated heterocycles. The van der Waals surface area contributed by atoms with Crippen LogP contribution in [-0.4, -0.2) is 97.0 Å². The molecule has 340 valence electrons. The van der Waals surface area contributed by atoms with Crippen LogP contribution >= 0.6 is 25.3 Å². The Labute approximate surface area is 389 Å². The Balaban J connectivity index is 1.17. The fourth-order valence-corrected chi connectivity index (χ4v) is 9.91. The predicted octanol–water partition coefficient (Wildman–Crippen LogP) is 9.93. The first-order chi connectivity index (χ1) is 30.5. The van der Waals surface area contributed by atoms with Crippen molar-refractivity contribution in [2.75, 3.05) is 50.4 Å². The molecule has 1 atom stereocenters. The summed E-state index contributed by atoms with van der Waals surface area (Å²) in [6, 6.07) is 29.4. The van der Waals surface area contributed by atoms with E-state index in [1.165, 1.54) is 12.1 Å². The molecule has 1 unspecified atom stereocenters. The summed E-state index contributed by atoms with van der Waals surface area (Å²) in [4.78, 5) is 19.7. The van der Waals surface area contributed by atoms with Gasteiger partial charge in [0.15, 0.2) is 0 Å². The van der Waals surface area contributed by atoms with Gasteiger partial charge in [-0.15, -0.1) is 10.2 Å². The maximum Gasteiger partial charge on any atom is 0.295 e. The van der Waals surface area contributed by atoms with Gasteiger partial charge in [0.2, 0.25) is 5.91 Å². The zero-order valence-electron chi connectivity index (χ0n) is 36.4. The molecule has 7 rings (SSSR count). The van der Waals surface area contributed by atoms with Crippen molar-refractivity contribution in [3.05, 3.63) is 109 Å². The second-order valence-corrected chi connectivity index (χ2v) is 22.4. The maximum atomic E-state index is 14.4. The minimum atomic E-state index is -4.74. The molecule has 1 heterocycles. The van der Waals surface area contributed by atoms with Crippen LogP contribution in [0.25, 0.3) is 32.7 Å². The van der Waals surface area contributed by atoms with Gasteiger partial charge in [-0.3, -0.25) is 18.8 Å². The molecule has 1 amide bonds. The first kappa shape index (κ1) is 47.7. The Morgan fingerprint density at radius 2 is 1.17 bits per heavy atom. The SMILES string of the molecule is CN(CCN1CC(=O)N(c2c(N=Nc3ccc(-c4ccc(N=Nc5cc(S(=O)(=O)O)c6ccccc6c5N)cc4)cc3)cc(S(=O)(=O)O)c3ccccc23)C(C(C)(C)S)C1)CC(C)(C)S. The maximum absolute atomic E-state index is 14.4. The standard InChI is InChI=1S/C46H50N8O7S4/c1-45(2,62)28-52(5)22-23-53-26-41(46(3,4)63)54(42(55)27-53)44-36-13-9-7-11-34(36)40(65(59,60)61)25-38(44)51-49-32-20-16-30(17-21-32)29-14-18-31(19-15-29)48-50-37-24-39(64(56,57)58)33-10-6-8-12-35(33)43(37)47/h6-21,24-25,41,62-63H,22-23,26-28,47H2,1-5H3,(H,56,57,58)(H,59,60,61). The first-order valence-corrected chi connectivity index (χ1v) is 24.3. The fraction of sp³-hybridized carbons (Fsp3) is 0.283. The normalized spacial score (nSPS) is 15.9. The molecule has 15 nitrogen and oxygen atoms in total. The Hall–Kier alpha value is -5.25. The number of thiol groups is 2. The second kappa shape index (κ2) is 18.6. The topological polar surface area (TPSA) is 211 Å². The monoisotopic (exact) mass is 954 g/mol. The van der Waals surface area contributed by atoms with E-state index in [1.54, 1.807) is 77.7 Å². The van der Waals surface area contributed by atoms with Crippen LogP contribution in [-0.2, 0) is 25.0 Å². The van der Waals surface area contributed by atoms with Crippen LogP contribution < -0.4 is 10.6 Å². The molecular weight excluding hydrogens is 905 g/mol. The van der Waals surface area contributed by atoms with Crippen LogP contribution in [0, 0.1) is 0 Å². The van der Waals surface area contributed by atoms with E-state index in [0.29, 0.717) is 47.5 Å². The lowest BCUT2D eigenvalue weighted by Gasteiger charge is -2.47. The number of likely N-dealkylation sites (N-methyl/N-ethyl adjacent to an activating group) is 1. The molecule has 0 spiro atoms. The van der Waals surface area contributed by atoms with E-state index in [2.05, 4.69) is 56.7 Å². The molecule has 0 saturated carbocycles. The van der Waals surface area contributed by atoms with Crippen molar-refractivity contribution in [1.82, 2.24) is 9.80 Å². The Kier molecular flexibility index (Phi) is 13.6. The molecule has 0 aromatic heterocycles. The van der Waals surface area contributed by atoms with Crippen molar-refractivity contribution in [1.29, 1.82) is 0 Å². The summed E-state index contributed by atoms with van der Waals surface area (Å²) in [5, 5.41) is 18.8. The summed E-state index contributed by atoms with van der Waals surface area (Å²) in [5.74, 6) is -0.220. The number of nitrogens with two attached hydrogens (primary N) is 1. The van der Waals surface area contributed by atoms with Crippen LogP contribution in [0.1, 0.15) is 27.7 Å². The van der Waals surface area contributed by atoms with Crippen LogP contribution in [0.15, 0.2) is 139 Å². The number of fused-ring (bicyclic) bond motifs is 2. The smallest absolute Gasteiger partial charge is 0.295 e. The number of nitrogens with zero attached hydrogens (tertiary/aromatic N) is 7. The summed E-state index contributed by atoms with van der Waals surface area (Å²) in [7, 11) is -7.28. The number of amides is 1. The highest BCUT2D eigenvalue weighted by Crippen LogP contribution is 2.45. The van der Waals surface area contributed by atoms with E-state index < -0.39 is 31.0 Å². The highest BCUT2D eigenvalue weighted by atomic mass is 32.2. The first-order valence-electron chi connectivity index (χ1n) is 20.5. The zero-order valence-corrected chi connectivity index (χ0v) is 39.8. The predicted molar refractivity (Wildman–Crippen MR) is 264 cm³/mol. The van der Waals surface area contributed by atoms with Crippen molar-refractivity contribution >= 4 is 107 Å². The number of anilines is 2. The second-order valence-electron chi connectivity index (χ2n) is 17.3. The molecule has 65 heavy (non-hydrogen) atoms. The van der Waals surface area contributed by atoms with Crippen LogP contribution in [0.5, 0.6) is 0 Å². The summed E-state index contributed by atoms with van der Waals surface area (Å²) in [6.45, 7) is 10.7. The van der Waals surface area contributed by atoms with Crippen molar-refractivity contribution in [2.24, 2.45) is 20.5 Å². The van der Waals surface area contributed by atoms with Crippen molar-refractivity contribution in [2.45, 2.75) is 53.0 Å². The summed E-state index contributed by atoms with van der Waals surface area (Å²) >= 11 is 9.65. The van der Waals surface area contributed by atoms with Crippen LogP contribution in [0.3, 0.4) is 0 Å². The van der Waals surface area contributed by atoms with E-state index >= 15 is 0 Å². The molecule has 1 fully saturated rings. The summed E-state index contributed by atoms with van der Waals surface area (Å²) in [6.07, 6.45) is 0. The average Bonchev–Trinajstić information content (AvgIpc) is 3.23. The van der Waals surface area contributed by atoms with Gasteiger partial charge in [0.1, 0.15) is 21.2 Å². The van der Waals surface area contributed by atoms with Gasteiger partial charge < -0.3 is 15.5 Å². The number of carbonyl (C=O) groups excluding carboxylic acids is 1. The van der Waals surface area contributed by atoms with Crippen molar-refractivity contribution in [3.63, 3.8) is 0 Å². The number of azo groups is 2. The molecule has 0 radical (unpaired) electrons. The Bertz CT molecular complexity index is 3060. The summed E-state index contributed by atoms with van der Waals surface area (Å²) in [5.41, 5.74) is 9.58. The molecule has 1 aliphatic heterocycles. The summed E-state index contributed by atoms with van der Waals surface area (Å²) < 4.78 is 69.3. The van der Waals surface area contributed by atoms with Gasteiger partial charge in [0.05, 0.1) is 35.3 Å². The number of nitrogen functional groups attached to an aromatic ring is 1. The Morgan fingerprint density at radius 1 is 0.708 bits per heavy atom. The quantitative estimate of drug-likeness (QED) is 0.0302. The number of benzene rings is 6. The fourth-order valence-electron chi connectivity index (χ4n) is 8.04. The molecule has 19 heteroatoms. The van der Waals surface area contributed by atoms with Gasteiger partial charge in [-0.05, 0) is 82.3 Å². The lowest BCUT2D eigenvalue weighted by atomic mass is 9.95. The van der Waals surface area contributed by atoms with Gasteiger partial charge in [-0.1, -0.05) is 72.8 Å². The van der Waals surface area contributed by atoms with E-state index in [4.69, 9.17) is 18.4 Å². The largest absolute Gasteiger partial charge is 0.396 e. The highest BCUT2D eigenvalue weighted by molar-refractivity contribution is 7.86. The van der Waals surface area contributed by atoms with Gasteiger partial charge in [0.25, 0.3) is 20.2 Å². The van der Waals surface area contributed by atoms with E-state index in [9.17, 15) is 30.7 Å². The lowest BCUT2D eigenvalue weighted by Crippen LogP contribution is -2.63. The highest BCUT2D eigenvalue weighted by Gasteiger charge is 2.42. The van der Waals surface area contributed by atoms with Crippen LogP contribution in [0.2, 0.25) is 0 Å². The average molecular weight is 955 g/mol. The van der Waals surface area contributed by atoms with Gasteiger partial charge in [-0.2, -0.15) is 52.3 Å². The molecule has 4 N–H and O–H groups in total. The van der Waals surface area contributed by atoms with Gasteiger partial charge >= 0.3 is 0 Å². The van der Waals surface area contributed by atoms with E-state index in [0.717, 1.165) is 17.7 Å². The number of hydrogen-bond acceptors (Lipinski definition) is 14. The number of carbonyl (C=O) groups is 1. The number of hydrogen-bond donors (Lipinski definition) is 5. The Morgan fingerprint density at radius 3 is 1.66 bits per heavy atom. The third kappa shape index (κ3) is 11.1. The molecule has 0 bridgehead atoms. The van der Waals surface area contributed by atoms with E-state index in [-0.39, 0.29) is 54.8 Å². The molecule has 6 aromatic rings. The number of piperazine rings is 1. The van der Waals surface area contributed by atoms with Crippen LogP contribution in [0.4, 0.5) is 34.1 Å². The minimum absolute atomic E-state index is 0.0740.